The highest BCUT2D eigenvalue weighted by molar-refractivity contribution is 5.70. The second-order valence-corrected chi connectivity index (χ2v) is 25.1. The van der Waals surface area contributed by atoms with Crippen molar-refractivity contribution in [3.63, 3.8) is 0 Å². The molecule has 0 aliphatic rings. The fourth-order valence-corrected chi connectivity index (χ4v) is 9.26. The third kappa shape index (κ3) is 76.6. The molecule has 0 radical (unpaired) electrons. The normalized spacial score (nSPS) is 14.0. The van der Waals surface area contributed by atoms with Crippen molar-refractivity contribution in [1.29, 1.82) is 0 Å². The average molecular weight is 1340 g/mol. The minimum absolute atomic E-state index is 0.128. The maximum Gasteiger partial charge on any atom is 0.306 e. The van der Waals surface area contributed by atoms with Crippen LogP contribution in [0.3, 0.4) is 0 Å². The van der Waals surface area contributed by atoms with Crippen molar-refractivity contribution in [2.24, 2.45) is 0 Å². The number of carbonyl (C=O) groups is 3. The monoisotopic (exact) mass is 1330 g/mol. The van der Waals surface area contributed by atoms with Crippen molar-refractivity contribution in [2.45, 2.75) is 257 Å². The molecule has 0 aromatic heterocycles. The molecule has 2 atom stereocenters. The first-order chi connectivity index (χ1) is 47.6. The molecule has 0 amide bonds. The molecule has 0 aromatic carbocycles. The summed E-state index contributed by atoms with van der Waals surface area (Å²) in [5.41, 5.74) is 0. The molecule has 0 aromatic rings. The first-order valence-corrected chi connectivity index (χ1v) is 37.5. The lowest BCUT2D eigenvalue weighted by Crippen LogP contribution is -2.44. The molecule has 0 aliphatic carbocycles. The maximum absolute atomic E-state index is 13.0. The van der Waals surface area contributed by atoms with Gasteiger partial charge in [0.2, 0.25) is 0 Å². The van der Waals surface area contributed by atoms with Gasteiger partial charge in [-0.05, 0) is 161 Å². The maximum atomic E-state index is 13.0. The predicted molar refractivity (Wildman–Crippen MR) is 416 cm³/mol. The highest BCUT2D eigenvalue weighted by atomic mass is 16.7. The average Bonchev–Trinajstić information content (AvgIpc) is 3.27. The summed E-state index contributed by atoms with van der Waals surface area (Å²) in [5, 5.41) is 11.8. The van der Waals surface area contributed by atoms with Crippen LogP contribution in [0.4, 0.5) is 0 Å². The van der Waals surface area contributed by atoms with E-state index in [0.717, 1.165) is 167 Å². The topological polar surface area (TPSA) is 111 Å². The minimum atomic E-state index is -1.65. The molecule has 0 saturated heterocycles. The Morgan fingerprint density at radius 1 is 0.309 bits per heavy atom. The molecule has 97 heavy (non-hydrogen) atoms. The van der Waals surface area contributed by atoms with Gasteiger partial charge in [0.05, 0.1) is 40.3 Å². The molecule has 0 rings (SSSR count). The Labute approximate surface area is 593 Å². The van der Waals surface area contributed by atoms with Crippen LogP contribution >= 0.6 is 0 Å². The third-order valence-electron chi connectivity index (χ3n) is 14.9. The highest BCUT2D eigenvalue weighted by Crippen LogP contribution is 2.15. The number of aliphatic carboxylic acids is 1. The zero-order valence-electron chi connectivity index (χ0n) is 61.6. The number of carboxylic acid groups (broad SMARTS) is 1. The van der Waals surface area contributed by atoms with E-state index in [-0.39, 0.29) is 32.7 Å². The molecular weight excluding hydrogens is 1200 g/mol. The molecule has 0 bridgehead atoms. The van der Waals surface area contributed by atoms with Gasteiger partial charge in [-0.15, -0.1) is 0 Å². The summed E-state index contributed by atoms with van der Waals surface area (Å²) in [6.07, 6.45) is 117. The zero-order valence-corrected chi connectivity index (χ0v) is 61.6. The summed E-state index contributed by atoms with van der Waals surface area (Å²) < 4.78 is 22.8. The van der Waals surface area contributed by atoms with Crippen LogP contribution in [0.1, 0.15) is 245 Å². The van der Waals surface area contributed by atoms with Crippen molar-refractivity contribution in [3.8, 4) is 0 Å². The Hall–Kier alpha value is -6.65. The lowest BCUT2D eigenvalue weighted by atomic mass is 10.0. The Morgan fingerprint density at radius 2 is 0.557 bits per heavy atom. The van der Waals surface area contributed by atoms with Gasteiger partial charge < -0.3 is 33.3 Å². The van der Waals surface area contributed by atoms with E-state index in [1.807, 2.05) is 21.1 Å². The Bertz CT molecular complexity index is 2450. The lowest BCUT2D eigenvalue weighted by molar-refractivity contribution is -0.870. The van der Waals surface area contributed by atoms with E-state index >= 15 is 0 Å². The molecule has 0 fully saturated rings. The van der Waals surface area contributed by atoms with Gasteiger partial charge in [-0.1, -0.05) is 303 Å². The van der Waals surface area contributed by atoms with Crippen molar-refractivity contribution in [1.82, 2.24) is 0 Å². The van der Waals surface area contributed by atoms with E-state index in [9.17, 15) is 19.5 Å². The van der Waals surface area contributed by atoms with Gasteiger partial charge in [-0.3, -0.25) is 9.59 Å². The number of nitrogens with zero attached hydrogens (tertiary/aromatic N) is 1. The summed E-state index contributed by atoms with van der Waals surface area (Å²) >= 11 is 0. The van der Waals surface area contributed by atoms with Gasteiger partial charge in [-0.25, -0.2) is 0 Å². The van der Waals surface area contributed by atoms with E-state index in [4.69, 9.17) is 18.9 Å². The number of ether oxygens (including phenoxy) is 4. The number of hydrogen-bond acceptors (Lipinski definition) is 8. The SMILES string of the molecule is CC/C=C\C/C=C\C/C=C\C/C=C\C/C=C\C/C=C\C/C=C\C/C=C\C/C=C\C/C=C\CCCCCCCCCCCCC(=O)OC(COC(=O)CCCCC/C=C\C/C=C\C/C=C\C/C=C\C/C=C\C/C=C\C/C=C\C/C=C\C/C=C\CC)COC(OCC[N+](C)(C)C)C(=O)[O-]. The number of esters is 2. The molecule has 2 unspecified atom stereocenters. The van der Waals surface area contributed by atoms with Crippen LogP contribution in [-0.4, -0.2) is 82.3 Å². The quantitative estimate of drug-likeness (QED) is 0.0195. The summed E-state index contributed by atoms with van der Waals surface area (Å²) in [6.45, 7) is 4.44. The highest BCUT2D eigenvalue weighted by Gasteiger charge is 2.22. The van der Waals surface area contributed by atoms with Gasteiger partial charge in [-0.2, -0.15) is 0 Å². The number of rotatable bonds is 66. The molecule has 0 spiro atoms. The summed E-state index contributed by atoms with van der Waals surface area (Å²) in [7, 11) is 5.90. The first-order valence-electron chi connectivity index (χ1n) is 37.5. The van der Waals surface area contributed by atoms with Crippen LogP contribution in [0.5, 0.6) is 0 Å². The van der Waals surface area contributed by atoms with E-state index in [1.165, 1.54) is 38.5 Å². The molecule has 9 nitrogen and oxygen atoms in total. The number of likely N-dealkylation sites (N-methyl/N-ethyl adjacent to an activating group) is 1. The van der Waals surface area contributed by atoms with E-state index < -0.39 is 30.3 Å². The largest absolute Gasteiger partial charge is 0.545 e. The number of carboxylic acids is 1. The zero-order chi connectivity index (χ0) is 70.4. The second kappa shape index (κ2) is 75.1. The Kier molecular flexibility index (Phi) is 70.0. The second-order valence-electron chi connectivity index (χ2n) is 25.1. The Morgan fingerprint density at radius 3 is 0.835 bits per heavy atom. The number of allylic oxidation sites excluding steroid dienone is 38. The third-order valence-corrected chi connectivity index (χ3v) is 14.9. The summed E-state index contributed by atoms with van der Waals surface area (Å²) in [5.74, 6) is -2.36. The van der Waals surface area contributed by atoms with Gasteiger partial charge in [0.15, 0.2) is 12.4 Å². The lowest BCUT2D eigenvalue weighted by Gasteiger charge is -2.26. The smallest absolute Gasteiger partial charge is 0.306 e. The number of quaternary nitrogens is 1. The van der Waals surface area contributed by atoms with Crippen LogP contribution in [0, 0.1) is 0 Å². The Balaban J connectivity index is 4.24. The standard InChI is InChI=1S/C88H135NO8/c1-6-8-10-12-14-16-18-20-22-24-26-28-30-32-34-36-38-39-40-41-42-43-44-45-46-47-49-51-53-55-57-59-61-63-65-67-69-71-73-75-77-79-86(91)97-84(83-96-88(87(92)93)94-81-80-89(3,4)5)82-95-85(90)78-76-74-72-70-68-66-64-62-60-58-56-54-52-50-48-37-35-33-31-29-27-25-23-21-19-17-15-13-11-9-7-2/h8-11,14-17,20-23,26-29,32-35,38-39,41-42,44-45,47-50,53-56,60,62,66,68,84,88H,6-7,12-13,18-19,24-25,30-31,36-37,40,43,46,51-52,57-59,61,63-65,67,69-83H2,1-5H3/b10-8-,11-9-,16-14-,17-15-,22-20-,23-21-,28-26-,29-27-,34-32-,35-33-,39-38-,42-41-,45-44-,49-47-,50-48-,55-53-,56-54-,62-60-,68-66-. The van der Waals surface area contributed by atoms with E-state index in [2.05, 4.69) is 245 Å². The van der Waals surface area contributed by atoms with Crippen molar-refractivity contribution >= 4 is 17.9 Å². The van der Waals surface area contributed by atoms with Gasteiger partial charge in [0, 0.05) is 12.8 Å². The predicted octanol–water partition coefficient (Wildman–Crippen LogP) is 22.9. The van der Waals surface area contributed by atoms with Gasteiger partial charge >= 0.3 is 11.9 Å². The number of hydrogen-bond donors (Lipinski definition) is 0. The molecule has 540 valence electrons. The minimum Gasteiger partial charge on any atom is -0.545 e. The van der Waals surface area contributed by atoms with Crippen LogP contribution in [0.2, 0.25) is 0 Å². The first kappa shape index (κ1) is 90.4. The molecular formula is C88H135NO8. The van der Waals surface area contributed by atoms with Crippen LogP contribution < -0.4 is 5.11 Å². The van der Waals surface area contributed by atoms with Crippen LogP contribution in [0.15, 0.2) is 231 Å². The fraction of sp³-hybridized carbons (Fsp3) is 0.534. The summed E-state index contributed by atoms with van der Waals surface area (Å²) in [6, 6.07) is 0. The summed E-state index contributed by atoms with van der Waals surface area (Å²) in [4.78, 5) is 37.5. The van der Waals surface area contributed by atoms with Crippen molar-refractivity contribution < 1.29 is 42.9 Å². The van der Waals surface area contributed by atoms with Crippen molar-refractivity contribution in [2.75, 3.05) is 47.5 Å². The molecule has 0 heterocycles. The van der Waals surface area contributed by atoms with Crippen molar-refractivity contribution in [3.05, 3.63) is 231 Å². The van der Waals surface area contributed by atoms with Crippen LogP contribution in [-0.2, 0) is 33.3 Å². The van der Waals surface area contributed by atoms with Gasteiger partial charge in [0.1, 0.15) is 13.2 Å². The van der Waals surface area contributed by atoms with Gasteiger partial charge in [0.25, 0.3) is 0 Å². The van der Waals surface area contributed by atoms with E-state index in [0.29, 0.717) is 23.9 Å². The fourth-order valence-electron chi connectivity index (χ4n) is 9.26. The molecule has 0 saturated carbocycles. The molecule has 9 heteroatoms. The van der Waals surface area contributed by atoms with E-state index in [1.54, 1.807) is 0 Å². The number of unbranched alkanes of at least 4 members (excludes halogenated alkanes) is 13. The molecule has 0 aliphatic heterocycles. The molecule has 0 N–H and O–H groups in total. The number of carbonyl (C=O) groups excluding carboxylic acids is 3. The van der Waals surface area contributed by atoms with Crippen LogP contribution in [0.25, 0.3) is 0 Å².